The number of hydrogen-bond acceptors (Lipinski definition) is 4. The van der Waals surface area contributed by atoms with Gasteiger partial charge >= 0.3 is 0 Å². The Kier molecular flexibility index (Phi) is 3.76. The average molecular weight is 358 g/mol. The van der Waals surface area contributed by atoms with Gasteiger partial charge in [-0.05, 0) is 47.9 Å². The van der Waals surface area contributed by atoms with Crippen LogP contribution >= 0.6 is 0 Å². The molecule has 1 aromatic heterocycles. The van der Waals surface area contributed by atoms with E-state index in [1.807, 2.05) is 18.2 Å². The number of benzene rings is 1. The molecule has 25 heavy (non-hydrogen) atoms. The first kappa shape index (κ1) is 16.1. The third-order valence-electron chi connectivity index (χ3n) is 4.94. The highest BCUT2D eigenvalue weighted by Gasteiger charge is 2.25. The van der Waals surface area contributed by atoms with E-state index in [0.717, 1.165) is 10.8 Å². The van der Waals surface area contributed by atoms with E-state index in [2.05, 4.69) is 10.3 Å². The van der Waals surface area contributed by atoms with Gasteiger partial charge in [0.1, 0.15) is 5.56 Å². The molecule has 0 bridgehead atoms. The summed E-state index contributed by atoms with van der Waals surface area (Å²) < 4.78 is 22.8. The number of aromatic nitrogens is 1. The Morgan fingerprint density at radius 2 is 2.00 bits per heavy atom. The Hall–Kier alpha value is -2.41. The van der Waals surface area contributed by atoms with E-state index < -0.39 is 27.3 Å². The Morgan fingerprint density at radius 3 is 2.64 bits per heavy atom. The Labute approximate surface area is 144 Å². The van der Waals surface area contributed by atoms with Crippen LogP contribution in [0.15, 0.2) is 40.5 Å². The maximum atomic E-state index is 12.3. The van der Waals surface area contributed by atoms with Crippen molar-refractivity contribution < 1.29 is 13.2 Å². The first-order chi connectivity index (χ1) is 11.9. The van der Waals surface area contributed by atoms with Crippen LogP contribution in [0.3, 0.4) is 0 Å². The van der Waals surface area contributed by atoms with Crippen LogP contribution in [-0.2, 0) is 9.84 Å². The number of H-pyrrole nitrogens is 1. The second-order valence-electron chi connectivity index (χ2n) is 6.72. The molecule has 2 N–H and O–H groups in total. The van der Waals surface area contributed by atoms with E-state index in [-0.39, 0.29) is 11.3 Å². The van der Waals surface area contributed by atoms with Crippen molar-refractivity contribution in [3.05, 3.63) is 57.2 Å². The quantitative estimate of drug-likeness (QED) is 0.875. The SMILES string of the molecule is O=C(N[C@@H]1C=CS(=O)(=O)C1)c1cc2ccc(C3CCC3)cc2[nH]c1=O. The topological polar surface area (TPSA) is 96.1 Å². The van der Waals surface area contributed by atoms with E-state index >= 15 is 0 Å². The van der Waals surface area contributed by atoms with Gasteiger partial charge in [-0.15, -0.1) is 0 Å². The number of fused-ring (bicyclic) bond motifs is 1. The smallest absolute Gasteiger partial charge is 0.261 e. The highest BCUT2D eigenvalue weighted by molar-refractivity contribution is 7.94. The van der Waals surface area contributed by atoms with Crippen molar-refractivity contribution in [3.63, 3.8) is 0 Å². The molecule has 0 saturated heterocycles. The van der Waals surface area contributed by atoms with Crippen molar-refractivity contribution >= 4 is 26.6 Å². The molecule has 6 nitrogen and oxygen atoms in total. The molecule has 1 aliphatic heterocycles. The highest BCUT2D eigenvalue weighted by atomic mass is 32.2. The van der Waals surface area contributed by atoms with Gasteiger partial charge in [-0.25, -0.2) is 8.42 Å². The lowest BCUT2D eigenvalue weighted by atomic mass is 9.80. The predicted octanol–water partition coefficient (Wildman–Crippen LogP) is 1.84. The van der Waals surface area contributed by atoms with Gasteiger partial charge in [0.2, 0.25) is 0 Å². The normalized spacial score (nSPS) is 22.0. The van der Waals surface area contributed by atoms with Gasteiger partial charge in [-0.1, -0.05) is 18.6 Å². The van der Waals surface area contributed by atoms with E-state index in [4.69, 9.17) is 0 Å². The summed E-state index contributed by atoms with van der Waals surface area (Å²) in [5.74, 6) is -0.181. The van der Waals surface area contributed by atoms with Gasteiger partial charge in [-0.2, -0.15) is 0 Å². The van der Waals surface area contributed by atoms with Crippen molar-refractivity contribution in [1.29, 1.82) is 0 Å². The predicted molar refractivity (Wildman–Crippen MR) is 95.3 cm³/mol. The van der Waals surface area contributed by atoms with Crippen molar-refractivity contribution in [3.8, 4) is 0 Å². The Morgan fingerprint density at radius 1 is 1.20 bits per heavy atom. The summed E-state index contributed by atoms with van der Waals surface area (Å²) in [6.45, 7) is 0. The third kappa shape index (κ3) is 3.11. The molecule has 2 aliphatic rings. The van der Waals surface area contributed by atoms with Gasteiger partial charge in [-0.3, -0.25) is 9.59 Å². The summed E-state index contributed by atoms with van der Waals surface area (Å²) in [5.41, 5.74) is 1.45. The fourth-order valence-electron chi connectivity index (χ4n) is 3.29. The molecule has 1 saturated carbocycles. The van der Waals surface area contributed by atoms with Crippen molar-refractivity contribution in [2.75, 3.05) is 5.75 Å². The van der Waals surface area contributed by atoms with Crippen LogP contribution in [0.1, 0.15) is 41.1 Å². The van der Waals surface area contributed by atoms with Crippen molar-refractivity contribution in [2.24, 2.45) is 0 Å². The van der Waals surface area contributed by atoms with Crippen LogP contribution in [-0.4, -0.2) is 31.1 Å². The summed E-state index contributed by atoms with van der Waals surface area (Å²) in [6, 6.07) is 6.89. The van der Waals surface area contributed by atoms with Gasteiger partial charge in [0.25, 0.3) is 11.5 Å². The molecule has 0 spiro atoms. The summed E-state index contributed by atoms with van der Waals surface area (Å²) in [4.78, 5) is 27.4. The van der Waals surface area contributed by atoms with E-state index in [0.29, 0.717) is 11.4 Å². The van der Waals surface area contributed by atoms with Crippen LogP contribution in [0, 0.1) is 0 Å². The summed E-state index contributed by atoms with van der Waals surface area (Å²) in [5, 5.41) is 4.45. The second kappa shape index (κ2) is 5.84. The fourth-order valence-corrected chi connectivity index (χ4v) is 4.53. The zero-order valence-corrected chi connectivity index (χ0v) is 14.3. The minimum atomic E-state index is -3.26. The van der Waals surface area contributed by atoms with Crippen LogP contribution in [0.5, 0.6) is 0 Å². The molecule has 1 atom stereocenters. The summed E-state index contributed by atoms with van der Waals surface area (Å²) in [7, 11) is -3.26. The molecule has 7 heteroatoms. The first-order valence-corrected chi connectivity index (χ1v) is 10.0. The maximum absolute atomic E-state index is 12.3. The molecule has 2 heterocycles. The number of rotatable bonds is 3. The third-order valence-corrected chi connectivity index (χ3v) is 6.33. The van der Waals surface area contributed by atoms with Crippen LogP contribution in [0.2, 0.25) is 0 Å². The lowest BCUT2D eigenvalue weighted by Gasteiger charge is -2.25. The molecular formula is C18H18N2O4S. The zero-order chi connectivity index (χ0) is 17.6. The van der Waals surface area contributed by atoms with Gasteiger partial charge in [0, 0.05) is 10.9 Å². The lowest BCUT2D eigenvalue weighted by Crippen LogP contribution is -2.38. The van der Waals surface area contributed by atoms with Crippen LogP contribution in [0.4, 0.5) is 0 Å². The molecular weight excluding hydrogens is 340 g/mol. The number of sulfone groups is 1. The molecule has 130 valence electrons. The first-order valence-electron chi connectivity index (χ1n) is 8.30. The average Bonchev–Trinajstić information content (AvgIpc) is 2.83. The number of carbonyl (C=O) groups is 1. The molecule has 1 aliphatic carbocycles. The fraction of sp³-hybridized carbons (Fsp3) is 0.333. The molecule has 1 fully saturated rings. The van der Waals surface area contributed by atoms with Gasteiger partial charge in [0.05, 0.1) is 11.8 Å². The van der Waals surface area contributed by atoms with E-state index in [9.17, 15) is 18.0 Å². The molecule has 4 rings (SSSR count). The van der Waals surface area contributed by atoms with Gasteiger partial charge in [0.15, 0.2) is 9.84 Å². The molecule has 0 unspecified atom stereocenters. The number of carbonyl (C=O) groups excluding carboxylic acids is 1. The lowest BCUT2D eigenvalue weighted by molar-refractivity contribution is 0.0946. The van der Waals surface area contributed by atoms with Crippen molar-refractivity contribution in [1.82, 2.24) is 10.3 Å². The number of pyridine rings is 1. The monoisotopic (exact) mass is 358 g/mol. The van der Waals surface area contributed by atoms with Crippen molar-refractivity contribution in [2.45, 2.75) is 31.2 Å². The summed E-state index contributed by atoms with van der Waals surface area (Å²) >= 11 is 0. The molecule has 2 aromatic rings. The van der Waals surface area contributed by atoms with Crippen LogP contribution in [0.25, 0.3) is 10.9 Å². The number of aromatic amines is 1. The Bertz CT molecular complexity index is 1050. The summed E-state index contributed by atoms with van der Waals surface area (Å²) in [6.07, 6.45) is 5.01. The molecule has 0 radical (unpaired) electrons. The standard InChI is InChI=1S/C18H18N2O4S/c21-17(19-14-6-7-25(23,24)10-14)15-8-13-5-4-12(11-2-1-3-11)9-16(13)20-18(15)22/h4-9,11,14H,1-3,10H2,(H,19,21)(H,20,22)/t14-/m1/s1. The van der Waals surface area contributed by atoms with Gasteiger partial charge < -0.3 is 10.3 Å². The minimum absolute atomic E-state index is 0.0124. The number of amides is 1. The molecule has 1 aromatic carbocycles. The number of nitrogens with one attached hydrogen (secondary N) is 2. The largest absolute Gasteiger partial charge is 0.345 e. The second-order valence-corrected chi connectivity index (χ2v) is 8.66. The Balaban J connectivity index is 1.61. The number of hydrogen-bond donors (Lipinski definition) is 2. The molecule has 1 amide bonds. The maximum Gasteiger partial charge on any atom is 0.261 e. The minimum Gasteiger partial charge on any atom is -0.345 e. The highest BCUT2D eigenvalue weighted by Crippen LogP contribution is 2.37. The van der Waals surface area contributed by atoms with E-state index in [1.165, 1.54) is 30.9 Å². The zero-order valence-electron chi connectivity index (χ0n) is 13.5. The van der Waals surface area contributed by atoms with E-state index in [1.54, 1.807) is 6.07 Å². The van der Waals surface area contributed by atoms with Crippen LogP contribution < -0.4 is 10.9 Å².